The molecule has 4 N–H and O–H groups in total. The largest absolute Gasteiger partial charge is 0.477 e. The number of thioether (sulfide) groups is 1. The third-order valence-electron chi connectivity index (χ3n) is 5.37. The number of esters is 1. The van der Waals surface area contributed by atoms with Gasteiger partial charge in [0.05, 0.1) is 21.6 Å². The number of fused-ring (bicyclic) bond motifs is 1. The Balaban J connectivity index is 1.61. The number of aromatic nitrogens is 1. The Hall–Kier alpha value is -3.69. The molecule has 2 amide bonds. The van der Waals surface area contributed by atoms with E-state index in [2.05, 4.69) is 10.3 Å². The SMILES string of the molecule is CC(=O)OCC1=C(C(=O)O)N2C(=O)C(NC(=O)C(=CS(=O)(=O)c3ccccc3)c3csc(N)n3)[C@H]2SC1. The minimum absolute atomic E-state index is 0.00854. The van der Waals surface area contributed by atoms with Crippen LogP contribution in [0.3, 0.4) is 0 Å². The third kappa shape index (κ3) is 5.38. The zero-order chi connectivity index (χ0) is 26.9. The van der Waals surface area contributed by atoms with Gasteiger partial charge in [-0.15, -0.1) is 23.1 Å². The van der Waals surface area contributed by atoms with Crippen molar-refractivity contribution in [3.05, 3.63) is 58.1 Å². The lowest BCUT2D eigenvalue weighted by molar-refractivity contribution is -0.150. The van der Waals surface area contributed by atoms with E-state index in [9.17, 15) is 32.7 Å². The summed E-state index contributed by atoms with van der Waals surface area (Å²) in [4.78, 5) is 54.2. The number of carbonyl (C=O) groups is 4. The van der Waals surface area contributed by atoms with Gasteiger partial charge < -0.3 is 20.9 Å². The van der Waals surface area contributed by atoms with Crippen LogP contribution in [0, 0.1) is 0 Å². The zero-order valence-electron chi connectivity index (χ0n) is 19.1. The molecule has 2 aliphatic heterocycles. The maximum Gasteiger partial charge on any atom is 0.352 e. The first-order valence-electron chi connectivity index (χ1n) is 10.6. The first-order chi connectivity index (χ1) is 17.5. The summed E-state index contributed by atoms with van der Waals surface area (Å²) in [6.45, 7) is 0.895. The van der Waals surface area contributed by atoms with Crippen LogP contribution in [0.25, 0.3) is 5.57 Å². The summed E-state index contributed by atoms with van der Waals surface area (Å²) in [7, 11) is -4.07. The fraction of sp³-hybridized carbons (Fsp3) is 0.227. The van der Waals surface area contributed by atoms with Crippen LogP contribution in [0.15, 0.2) is 57.3 Å². The van der Waals surface area contributed by atoms with Crippen LogP contribution in [-0.4, -0.2) is 70.9 Å². The second-order valence-corrected chi connectivity index (χ2v) is 11.7. The van der Waals surface area contributed by atoms with Crippen LogP contribution in [-0.2, 0) is 33.8 Å². The van der Waals surface area contributed by atoms with Gasteiger partial charge in [0.1, 0.15) is 23.7 Å². The standard InChI is InChI=1S/C22H20N4O8S3/c1-11(27)34-7-12-8-35-20-16(19(29)26(20)17(12)21(30)31)25-18(28)14(15-9-36-22(23)24-15)10-37(32,33)13-5-3-2-4-6-13/h2-6,9-10,16,20H,7-8H2,1H3,(H2,23,24)(H,25,28)(H,30,31)/t16?,20-/m1/s1. The summed E-state index contributed by atoms with van der Waals surface area (Å²) >= 11 is 2.18. The van der Waals surface area contributed by atoms with Crippen molar-refractivity contribution in [3.63, 3.8) is 0 Å². The Morgan fingerprint density at radius 3 is 2.59 bits per heavy atom. The van der Waals surface area contributed by atoms with Crippen molar-refractivity contribution in [1.82, 2.24) is 15.2 Å². The smallest absolute Gasteiger partial charge is 0.352 e. The van der Waals surface area contributed by atoms with Crippen molar-refractivity contribution in [3.8, 4) is 0 Å². The highest BCUT2D eigenvalue weighted by Gasteiger charge is 2.54. The van der Waals surface area contributed by atoms with Crippen molar-refractivity contribution in [2.45, 2.75) is 23.2 Å². The minimum Gasteiger partial charge on any atom is -0.477 e. The van der Waals surface area contributed by atoms with Crippen LogP contribution in [0.4, 0.5) is 5.13 Å². The number of ether oxygens (including phenoxy) is 1. The lowest BCUT2D eigenvalue weighted by atomic mass is 10.0. The summed E-state index contributed by atoms with van der Waals surface area (Å²) in [6, 6.07) is 6.33. The fourth-order valence-electron chi connectivity index (χ4n) is 3.68. The molecule has 1 fully saturated rings. The zero-order valence-corrected chi connectivity index (χ0v) is 21.6. The fourth-order valence-corrected chi connectivity index (χ4v) is 6.78. The van der Waals surface area contributed by atoms with Gasteiger partial charge in [-0.2, -0.15) is 0 Å². The van der Waals surface area contributed by atoms with Gasteiger partial charge in [-0.3, -0.25) is 19.3 Å². The molecular weight excluding hydrogens is 544 g/mol. The summed E-state index contributed by atoms with van der Waals surface area (Å²) in [6.07, 6.45) is 0. The van der Waals surface area contributed by atoms with Gasteiger partial charge in [0.2, 0.25) is 9.84 Å². The molecule has 37 heavy (non-hydrogen) atoms. The van der Waals surface area contributed by atoms with Crippen molar-refractivity contribution < 1.29 is 37.4 Å². The molecule has 0 radical (unpaired) electrons. The highest BCUT2D eigenvalue weighted by molar-refractivity contribution is 8.00. The van der Waals surface area contributed by atoms with Gasteiger partial charge in [0.25, 0.3) is 11.8 Å². The lowest BCUT2D eigenvalue weighted by Gasteiger charge is -2.49. The molecule has 2 atom stereocenters. The number of nitrogens with two attached hydrogens (primary N) is 1. The quantitative estimate of drug-likeness (QED) is 0.234. The average molecular weight is 565 g/mol. The molecule has 0 aliphatic carbocycles. The number of anilines is 1. The van der Waals surface area contributed by atoms with Gasteiger partial charge in [-0.25, -0.2) is 18.2 Å². The number of carboxylic acid groups (broad SMARTS) is 1. The van der Waals surface area contributed by atoms with E-state index < -0.39 is 45.0 Å². The molecule has 0 bridgehead atoms. The monoisotopic (exact) mass is 564 g/mol. The van der Waals surface area contributed by atoms with Gasteiger partial charge in [0.15, 0.2) is 5.13 Å². The third-order valence-corrected chi connectivity index (χ3v) is 8.86. The Kier molecular flexibility index (Phi) is 7.38. The van der Waals surface area contributed by atoms with Gasteiger partial charge in [-0.05, 0) is 12.1 Å². The topological polar surface area (TPSA) is 186 Å². The van der Waals surface area contributed by atoms with Crippen LogP contribution < -0.4 is 11.1 Å². The molecule has 12 nitrogen and oxygen atoms in total. The molecule has 1 aromatic carbocycles. The number of sulfone groups is 1. The van der Waals surface area contributed by atoms with Crippen LogP contribution in [0.1, 0.15) is 12.6 Å². The number of rotatable bonds is 8. The highest BCUT2D eigenvalue weighted by Crippen LogP contribution is 2.40. The van der Waals surface area contributed by atoms with E-state index in [0.29, 0.717) is 0 Å². The number of amides is 2. The van der Waals surface area contributed by atoms with Crippen molar-refractivity contribution in [2.75, 3.05) is 18.1 Å². The molecule has 4 rings (SSSR count). The maximum atomic E-state index is 13.3. The first-order valence-corrected chi connectivity index (χ1v) is 14.0. The van der Waals surface area contributed by atoms with Gasteiger partial charge in [0, 0.05) is 23.6 Å². The Morgan fingerprint density at radius 1 is 1.30 bits per heavy atom. The number of carbonyl (C=O) groups excluding carboxylic acids is 3. The average Bonchev–Trinajstić information content (AvgIpc) is 3.29. The van der Waals surface area contributed by atoms with Crippen molar-refractivity contribution in [2.24, 2.45) is 0 Å². The molecule has 1 saturated heterocycles. The Labute approximate surface area is 219 Å². The second-order valence-electron chi connectivity index (χ2n) is 7.86. The molecule has 2 aliphatic rings. The van der Waals surface area contributed by atoms with Crippen molar-refractivity contribution in [1.29, 1.82) is 0 Å². The van der Waals surface area contributed by atoms with E-state index in [1.807, 2.05) is 0 Å². The number of nitrogen functional groups attached to an aromatic ring is 1. The van der Waals surface area contributed by atoms with E-state index >= 15 is 0 Å². The van der Waals surface area contributed by atoms with E-state index in [4.69, 9.17) is 10.5 Å². The molecule has 2 aromatic rings. The number of hydrogen-bond acceptors (Lipinski definition) is 11. The maximum absolute atomic E-state index is 13.3. The second kappa shape index (κ2) is 10.4. The number of hydrogen-bond donors (Lipinski definition) is 3. The molecule has 1 aromatic heterocycles. The van der Waals surface area contributed by atoms with E-state index in [1.165, 1.54) is 48.3 Å². The molecule has 0 saturated carbocycles. The number of nitrogens with one attached hydrogen (secondary N) is 1. The predicted molar refractivity (Wildman–Crippen MR) is 134 cm³/mol. The van der Waals surface area contributed by atoms with Crippen LogP contribution >= 0.6 is 23.1 Å². The molecule has 0 spiro atoms. The minimum atomic E-state index is -4.07. The summed E-state index contributed by atoms with van der Waals surface area (Å²) in [5, 5.41) is 13.7. The highest BCUT2D eigenvalue weighted by atomic mass is 32.2. The van der Waals surface area contributed by atoms with E-state index in [1.54, 1.807) is 6.07 Å². The number of benzene rings is 1. The van der Waals surface area contributed by atoms with Crippen LogP contribution in [0.5, 0.6) is 0 Å². The number of β-lactam (4-membered cyclic amide) rings is 1. The van der Waals surface area contributed by atoms with E-state index in [0.717, 1.165) is 21.6 Å². The summed E-state index contributed by atoms with van der Waals surface area (Å²) < 4.78 is 30.8. The van der Waals surface area contributed by atoms with Gasteiger partial charge in [-0.1, -0.05) is 18.2 Å². The number of carboxylic acids is 1. The Morgan fingerprint density at radius 2 is 2.00 bits per heavy atom. The molecule has 3 heterocycles. The van der Waals surface area contributed by atoms with Gasteiger partial charge >= 0.3 is 11.9 Å². The molecular formula is C22H20N4O8S3. The normalized spacial score (nSPS) is 19.6. The number of aliphatic carboxylic acids is 1. The Bertz CT molecular complexity index is 1450. The van der Waals surface area contributed by atoms with Crippen LogP contribution in [0.2, 0.25) is 0 Å². The summed E-state index contributed by atoms with van der Waals surface area (Å²) in [5.74, 6) is -3.43. The predicted octanol–water partition coefficient (Wildman–Crippen LogP) is 0.842. The lowest BCUT2D eigenvalue weighted by Crippen LogP contribution is -2.70. The molecule has 1 unspecified atom stereocenters. The molecule has 194 valence electrons. The van der Waals surface area contributed by atoms with Crippen molar-refractivity contribution >= 4 is 67.4 Å². The first kappa shape index (κ1) is 26.4. The number of thiazole rings is 1. The summed E-state index contributed by atoms with van der Waals surface area (Å²) in [5.41, 5.74) is 5.30. The molecule has 15 heteroatoms. The number of nitrogens with zero attached hydrogens (tertiary/aromatic N) is 2. The van der Waals surface area contributed by atoms with E-state index in [-0.39, 0.29) is 44.9 Å².